The fraction of sp³-hybridized carbons (Fsp3) is 0.216. The Bertz CT molecular complexity index is 1870. The van der Waals surface area contributed by atoms with Gasteiger partial charge >= 0.3 is 21.1 Å². The van der Waals surface area contributed by atoms with Crippen molar-refractivity contribution in [3.05, 3.63) is 125 Å². The molecule has 0 unspecified atom stereocenters. The first-order valence-electron chi connectivity index (χ1n) is 14.8. The molecule has 2 aromatic heterocycles. The topological polar surface area (TPSA) is 45.9 Å². The molecule has 5 aromatic rings. The molecule has 220 valence electrons. The van der Waals surface area contributed by atoms with Crippen LogP contribution in [0.15, 0.2) is 79.1 Å². The van der Waals surface area contributed by atoms with Gasteiger partial charge in [0.25, 0.3) is 0 Å². The van der Waals surface area contributed by atoms with Crippen LogP contribution in [0.5, 0.6) is 11.5 Å². The zero-order valence-electron chi connectivity index (χ0n) is 24.7. The number of benzene rings is 3. The van der Waals surface area contributed by atoms with Crippen LogP contribution < -0.4 is 14.5 Å². The van der Waals surface area contributed by atoms with E-state index in [4.69, 9.17) is 16.3 Å². The third kappa shape index (κ3) is 5.73. The molecule has 7 heteroatoms. The molecule has 6 nitrogen and oxygen atoms in total. The first-order valence-corrected chi connectivity index (χ1v) is 14.8. The normalized spacial score (nSPS) is 13.8. The largest absolute Gasteiger partial charge is 2.00 e. The molecule has 0 radical (unpaired) electrons. The zero-order valence-corrected chi connectivity index (χ0v) is 27.0. The van der Waals surface area contributed by atoms with Gasteiger partial charge in [0.2, 0.25) is 0 Å². The first kappa shape index (κ1) is 29.6. The number of pyridine rings is 2. The van der Waals surface area contributed by atoms with E-state index in [9.17, 15) is 0 Å². The SMILES string of the molecule is [C-]#[N+]c1cc(Oc2[c-]c3c(cc2)CCCN3c2cc(C)ccn2)[c-]c2c1CCCN2c1cc(C)c(-c2ccccc2)cn1.[Pt+2]. The average Bonchev–Trinajstić information content (AvgIpc) is 3.04. The summed E-state index contributed by atoms with van der Waals surface area (Å²) in [7, 11) is 0. The van der Waals surface area contributed by atoms with Gasteiger partial charge in [0.15, 0.2) is 0 Å². The summed E-state index contributed by atoms with van der Waals surface area (Å²) in [5, 5.41) is 0. The molecule has 0 saturated carbocycles. The van der Waals surface area contributed by atoms with Crippen LogP contribution >= 0.6 is 0 Å². The number of hydrogen-bond donors (Lipinski definition) is 0. The summed E-state index contributed by atoms with van der Waals surface area (Å²) in [6.07, 6.45) is 7.61. The minimum Gasteiger partial charge on any atom is -0.510 e. The van der Waals surface area contributed by atoms with Crippen molar-refractivity contribution in [1.29, 1.82) is 0 Å². The van der Waals surface area contributed by atoms with Gasteiger partial charge in [-0.2, -0.15) is 6.07 Å². The third-order valence-electron chi connectivity index (χ3n) is 8.24. The Labute approximate surface area is 273 Å². The molecule has 0 amide bonds. The van der Waals surface area contributed by atoms with E-state index >= 15 is 0 Å². The summed E-state index contributed by atoms with van der Waals surface area (Å²) in [4.78, 5) is 17.8. The Balaban J connectivity index is 0.00000343. The van der Waals surface area contributed by atoms with Crippen molar-refractivity contribution in [3.8, 4) is 22.6 Å². The molecular formula is C37H31N5OPt. The van der Waals surface area contributed by atoms with Gasteiger partial charge in [0.1, 0.15) is 11.6 Å². The van der Waals surface area contributed by atoms with Gasteiger partial charge in [0, 0.05) is 42.5 Å². The van der Waals surface area contributed by atoms with E-state index < -0.39 is 0 Å². The monoisotopic (exact) mass is 756 g/mol. The third-order valence-corrected chi connectivity index (χ3v) is 8.24. The molecule has 0 spiro atoms. The number of anilines is 4. The van der Waals surface area contributed by atoms with Crippen LogP contribution in [0.4, 0.5) is 28.7 Å². The van der Waals surface area contributed by atoms with Gasteiger partial charge in [-0.05, 0) is 61.6 Å². The van der Waals surface area contributed by atoms with Crippen LogP contribution in [-0.2, 0) is 33.9 Å². The van der Waals surface area contributed by atoms with E-state index in [-0.39, 0.29) is 21.1 Å². The van der Waals surface area contributed by atoms with Crippen molar-refractivity contribution in [2.45, 2.75) is 39.5 Å². The molecule has 2 aliphatic rings. The molecule has 3 aromatic carbocycles. The minimum atomic E-state index is 0. The van der Waals surface area contributed by atoms with Crippen molar-refractivity contribution in [2.24, 2.45) is 0 Å². The maximum absolute atomic E-state index is 7.95. The van der Waals surface area contributed by atoms with E-state index in [0.29, 0.717) is 17.2 Å². The van der Waals surface area contributed by atoms with Gasteiger partial charge in [-0.15, -0.1) is 35.4 Å². The Morgan fingerprint density at radius 3 is 2.34 bits per heavy atom. The summed E-state index contributed by atoms with van der Waals surface area (Å²) >= 11 is 0. The van der Waals surface area contributed by atoms with Gasteiger partial charge in [-0.3, -0.25) is 4.85 Å². The molecule has 0 N–H and O–H groups in total. The maximum atomic E-state index is 7.95. The van der Waals surface area contributed by atoms with Crippen molar-refractivity contribution >= 4 is 28.7 Å². The van der Waals surface area contributed by atoms with E-state index in [1.165, 1.54) is 11.1 Å². The van der Waals surface area contributed by atoms with Crippen LogP contribution in [0.1, 0.15) is 35.1 Å². The molecule has 2 aliphatic heterocycles. The van der Waals surface area contributed by atoms with E-state index in [2.05, 4.69) is 75.9 Å². The van der Waals surface area contributed by atoms with Crippen LogP contribution in [0.2, 0.25) is 0 Å². The Kier molecular flexibility index (Phi) is 8.51. The van der Waals surface area contributed by atoms with Gasteiger partial charge in [-0.25, -0.2) is 9.97 Å². The molecule has 0 bridgehead atoms. The second-order valence-corrected chi connectivity index (χ2v) is 11.2. The maximum Gasteiger partial charge on any atom is 2.00 e. The van der Waals surface area contributed by atoms with Crippen molar-refractivity contribution in [3.63, 3.8) is 0 Å². The zero-order chi connectivity index (χ0) is 29.3. The molecular weight excluding hydrogens is 726 g/mol. The first-order chi connectivity index (χ1) is 21.1. The summed E-state index contributed by atoms with van der Waals surface area (Å²) in [5.74, 6) is 2.86. The fourth-order valence-corrected chi connectivity index (χ4v) is 6.11. The molecule has 7 rings (SSSR count). The van der Waals surface area contributed by atoms with E-state index in [1.54, 1.807) is 6.07 Å². The standard InChI is InChI=1S/C37H31N5O.Pt/c1-25-15-16-39-36(19-25)41-17-7-11-28-13-14-29(22-34(28)41)43-30-21-33(38-3)31-12-8-18-42(35(31)23-30)37-20-26(2)32(24-40-37)27-9-5-4-6-10-27;/h4-6,9-10,13-16,19-21,24H,7-8,11-12,17-18H2,1-2H3;/q-2;+2. The Morgan fingerprint density at radius 2 is 1.57 bits per heavy atom. The molecule has 0 atom stereocenters. The van der Waals surface area contributed by atoms with Crippen LogP contribution in [-0.4, -0.2) is 23.1 Å². The smallest absolute Gasteiger partial charge is 0.510 e. The predicted octanol–water partition coefficient (Wildman–Crippen LogP) is 8.87. The molecule has 44 heavy (non-hydrogen) atoms. The van der Waals surface area contributed by atoms with Crippen LogP contribution in [0.25, 0.3) is 16.0 Å². The Hall–Kier alpha value is -4.46. The quantitative estimate of drug-likeness (QED) is 0.168. The molecule has 0 fully saturated rings. The second-order valence-electron chi connectivity index (χ2n) is 11.2. The van der Waals surface area contributed by atoms with Crippen molar-refractivity contribution < 1.29 is 25.8 Å². The van der Waals surface area contributed by atoms with Crippen LogP contribution in [0.3, 0.4) is 0 Å². The van der Waals surface area contributed by atoms with E-state index in [0.717, 1.165) is 84.0 Å². The number of hydrogen-bond acceptors (Lipinski definition) is 5. The number of fused-ring (bicyclic) bond motifs is 2. The minimum absolute atomic E-state index is 0. The number of aryl methyl sites for hydroxylation is 3. The summed E-state index contributed by atoms with van der Waals surface area (Å²) < 4.78 is 6.40. The summed E-state index contributed by atoms with van der Waals surface area (Å²) in [6.45, 7) is 13.8. The molecule has 0 saturated heterocycles. The van der Waals surface area contributed by atoms with Gasteiger partial charge < -0.3 is 14.5 Å². The average molecular weight is 757 g/mol. The van der Waals surface area contributed by atoms with Gasteiger partial charge in [0.05, 0.1) is 12.3 Å². The number of ether oxygens (including phenoxy) is 1. The Morgan fingerprint density at radius 1 is 0.818 bits per heavy atom. The predicted molar refractivity (Wildman–Crippen MR) is 171 cm³/mol. The van der Waals surface area contributed by atoms with Gasteiger partial charge in [-0.1, -0.05) is 54.5 Å². The second kappa shape index (κ2) is 12.6. The number of aromatic nitrogens is 2. The summed E-state index contributed by atoms with van der Waals surface area (Å²) in [6, 6.07) is 29.5. The molecule has 4 heterocycles. The van der Waals surface area contributed by atoms with Crippen molar-refractivity contribution in [1.82, 2.24) is 9.97 Å². The van der Waals surface area contributed by atoms with Crippen LogP contribution in [0, 0.1) is 32.6 Å². The number of nitrogens with zero attached hydrogens (tertiary/aromatic N) is 5. The number of rotatable bonds is 5. The van der Waals surface area contributed by atoms with E-state index in [1.807, 2.05) is 42.7 Å². The van der Waals surface area contributed by atoms with Crippen molar-refractivity contribution in [2.75, 3.05) is 22.9 Å². The molecule has 0 aliphatic carbocycles. The fourth-order valence-electron chi connectivity index (χ4n) is 6.11. The summed E-state index contributed by atoms with van der Waals surface area (Å²) in [5.41, 5.74) is 9.24.